The molecule has 0 fully saturated rings. The fraction of sp³-hybridized carbons (Fsp3) is 0.538. The zero-order chi connectivity index (χ0) is 13.4. The second-order valence-corrected chi connectivity index (χ2v) is 5.86. The minimum absolute atomic E-state index is 0.306. The number of rotatable bonds is 8. The largest absolute Gasteiger partial charge is 0.380 e. The molecule has 0 bridgehead atoms. The second-order valence-electron chi connectivity index (χ2n) is 4.13. The van der Waals surface area contributed by atoms with Crippen LogP contribution >= 0.6 is 0 Å². The lowest BCUT2D eigenvalue weighted by atomic mass is 10.2. The summed E-state index contributed by atoms with van der Waals surface area (Å²) >= 11 is 0. The van der Waals surface area contributed by atoms with Crippen LogP contribution in [0.1, 0.15) is 25.3 Å². The summed E-state index contributed by atoms with van der Waals surface area (Å²) in [7, 11) is -3.41. The van der Waals surface area contributed by atoms with Gasteiger partial charge in [-0.15, -0.1) is 0 Å². The molecule has 18 heavy (non-hydrogen) atoms. The van der Waals surface area contributed by atoms with Crippen molar-refractivity contribution in [2.45, 2.75) is 31.6 Å². The van der Waals surface area contributed by atoms with Crippen molar-refractivity contribution in [1.29, 1.82) is 0 Å². The molecule has 0 saturated heterocycles. The van der Waals surface area contributed by atoms with E-state index in [9.17, 15) is 8.42 Å². The Morgan fingerprint density at radius 2 is 1.94 bits per heavy atom. The van der Waals surface area contributed by atoms with Crippen LogP contribution in [0.4, 0.5) is 0 Å². The zero-order valence-corrected chi connectivity index (χ0v) is 11.8. The van der Waals surface area contributed by atoms with Crippen LogP contribution < -0.4 is 4.72 Å². The Balaban J connectivity index is 2.44. The van der Waals surface area contributed by atoms with Gasteiger partial charge in [-0.3, -0.25) is 0 Å². The maximum absolute atomic E-state index is 12.0. The number of sulfonamides is 1. The number of unbranched alkanes of at least 4 members (excludes halogenated alkanes) is 1. The van der Waals surface area contributed by atoms with Crippen LogP contribution in [-0.2, 0) is 14.8 Å². The van der Waals surface area contributed by atoms with Gasteiger partial charge in [0.25, 0.3) is 0 Å². The van der Waals surface area contributed by atoms with Crippen molar-refractivity contribution in [1.82, 2.24) is 4.72 Å². The lowest BCUT2D eigenvalue weighted by Gasteiger charge is -2.09. The van der Waals surface area contributed by atoms with Gasteiger partial charge in [-0.25, -0.2) is 13.1 Å². The van der Waals surface area contributed by atoms with E-state index in [-0.39, 0.29) is 0 Å². The minimum atomic E-state index is -3.41. The molecule has 0 aromatic heterocycles. The number of ether oxygens (including phenoxy) is 1. The summed E-state index contributed by atoms with van der Waals surface area (Å²) in [6.45, 7) is 5.27. The van der Waals surface area contributed by atoms with Gasteiger partial charge in [0.05, 0.1) is 11.5 Å². The average Bonchev–Trinajstić information content (AvgIpc) is 2.34. The molecule has 0 aliphatic rings. The molecule has 0 aliphatic carbocycles. The van der Waals surface area contributed by atoms with E-state index >= 15 is 0 Å². The quantitative estimate of drug-likeness (QED) is 0.737. The molecule has 0 amide bonds. The normalized spacial score (nSPS) is 11.7. The molecule has 102 valence electrons. The smallest absolute Gasteiger partial charge is 0.240 e. The highest BCUT2D eigenvalue weighted by Crippen LogP contribution is 2.13. The van der Waals surface area contributed by atoms with Crippen LogP contribution in [-0.4, -0.2) is 28.2 Å². The average molecular weight is 271 g/mol. The van der Waals surface area contributed by atoms with Crippen LogP contribution in [0.25, 0.3) is 0 Å². The topological polar surface area (TPSA) is 55.4 Å². The maximum Gasteiger partial charge on any atom is 0.240 e. The van der Waals surface area contributed by atoms with E-state index in [4.69, 9.17) is 4.74 Å². The summed E-state index contributed by atoms with van der Waals surface area (Å²) in [6, 6.07) is 6.93. The third-order valence-corrected chi connectivity index (χ3v) is 4.19. The van der Waals surface area contributed by atoms with Crippen LogP contribution in [0.15, 0.2) is 29.2 Å². The number of hydrogen-bond acceptors (Lipinski definition) is 3. The molecule has 1 aromatic rings. The molecule has 0 heterocycles. The molecule has 0 radical (unpaired) electrons. The predicted molar refractivity (Wildman–Crippen MR) is 72.1 cm³/mol. The lowest BCUT2D eigenvalue weighted by molar-refractivity contribution is 0.136. The first-order chi connectivity index (χ1) is 8.58. The minimum Gasteiger partial charge on any atom is -0.380 e. The molecular weight excluding hydrogens is 250 g/mol. The van der Waals surface area contributed by atoms with E-state index < -0.39 is 10.0 Å². The SMILES string of the molecule is CCCCOCCNS(=O)(=O)c1ccccc1C. The molecule has 0 spiro atoms. The van der Waals surface area contributed by atoms with Crippen molar-refractivity contribution in [3.8, 4) is 0 Å². The van der Waals surface area contributed by atoms with Crippen molar-refractivity contribution in [2.75, 3.05) is 19.8 Å². The molecule has 5 heteroatoms. The van der Waals surface area contributed by atoms with Gasteiger partial charge in [-0.2, -0.15) is 0 Å². The summed E-state index contributed by atoms with van der Waals surface area (Å²) < 4.78 is 31.8. The molecule has 0 saturated carbocycles. The van der Waals surface area contributed by atoms with Gasteiger partial charge in [0.2, 0.25) is 10.0 Å². The van der Waals surface area contributed by atoms with E-state index in [0.717, 1.165) is 18.4 Å². The first-order valence-corrected chi connectivity index (χ1v) is 7.69. The fourth-order valence-corrected chi connectivity index (χ4v) is 2.79. The Labute approximate surface area is 109 Å². The third-order valence-electron chi connectivity index (χ3n) is 2.56. The van der Waals surface area contributed by atoms with Gasteiger partial charge in [0.15, 0.2) is 0 Å². The van der Waals surface area contributed by atoms with Crippen molar-refractivity contribution < 1.29 is 13.2 Å². The maximum atomic E-state index is 12.0. The summed E-state index contributed by atoms with van der Waals surface area (Å²) in [6.07, 6.45) is 2.08. The molecule has 1 aromatic carbocycles. The van der Waals surface area contributed by atoms with Gasteiger partial charge in [0, 0.05) is 13.2 Å². The van der Waals surface area contributed by atoms with Crippen LogP contribution in [0.2, 0.25) is 0 Å². The Kier molecular flexibility index (Phi) is 6.32. The Bertz CT molecular complexity index is 457. The molecule has 1 rings (SSSR count). The number of benzene rings is 1. The first kappa shape index (κ1) is 15.1. The Morgan fingerprint density at radius 1 is 1.22 bits per heavy atom. The zero-order valence-electron chi connectivity index (χ0n) is 11.0. The highest BCUT2D eigenvalue weighted by atomic mass is 32.2. The lowest BCUT2D eigenvalue weighted by Crippen LogP contribution is -2.28. The van der Waals surface area contributed by atoms with Crippen LogP contribution in [0.3, 0.4) is 0 Å². The first-order valence-electron chi connectivity index (χ1n) is 6.21. The molecule has 0 aliphatic heterocycles. The highest BCUT2D eigenvalue weighted by molar-refractivity contribution is 7.89. The van der Waals surface area contributed by atoms with Gasteiger partial charge in [0.1, 0.15) is 0 Å². The summed E-state index contributed by atoms with van der Waals surface area (Å²) in [5.74, 6) is 0. The molecule has 0 unspecified atom stereocenters. The van der Waals surface area contributed by atoms with E-state index in [0.29, 0.717) is 24.7 Å². The van der Waals surface area contributed by atoms with Crippen molar-refractivity contribution in [3.05, 3.63) is 29.8 Å². The van der Waals surface area contributed by atoms with E-state index in [1.54, 1.807) is 25.1 Å². The fourth-order valence-electron chi connectivity index (χ4n) is 1.53. The number of aryl methyl sites for hydroxylation is 1. The van der Waals surface area contributed by atoms with Gasteiger partial charge >= 0.3 is 0 Å². The summed E-state index contributed by atoms with van der Waals surface area (Å²) in [4.78, 5) is 0.332. The standard InChI is InChI=1S/C13H21NO3S/c1-3-4-10-17-11-9-14-18(15,16)13-8-6-5-7-12(13)2/h5-8,14H,3-4,9-11H2,1-2H3. The van der Waals surface area contributed by atoms with E-state index in [1.807, 2.05) is 6.07 Å². The summed E-state index contributed by atoms with van der Waals surface area (Å²) in [5, 5.41) is 0. The monoisotopic (exact) mass is 271 g/mol. The van der Waals surface area contributed by atoms with Gasteiger partial charge < -0.3 is 4.74 Å². The van der Waals surface area contributed by atoms with Gasteiger partial charge in [-0.1, -0.05) is 31.5 Å². The van der Waals surface area contributed by atoms with Crippen LogP contribution in [0.5, 0.6) is 0 Å². The number of nitrogens with one attached hydrogen (secondary N) is 1. The predicted octanol–water partition coefficient (Wildman–Crippen LogP) is 2.09. The number of hydrogen-bond donors (Lipinski definition) is 1. The molecule has 1 N–H and O–H groups in total. The van der Waals surface area contributed by atoms with E-state index in [1.165, 1.54) is 0 Å². The third kappa shape index (κ3) is 4.76. The molecule has 4 nitrogen and oxygen atoms in total. The Morgan fingerprint density at radius 3 is 2.61 bits per heavy atom. The Hall–Kier alpha value is -0.910. The van der Waals surface area contributed by atoms with Crippen LogP contribution in [0, 0.1) is 6.92 Å². The summed E-state index contributed by atoms with van der Waals surface area (Å²) in [5.41, 5.74) is 0.747. The van der Waals surface area contributed by atoms with E-state index in [2.05, 4.69) is 11.6 Å². The van der Waals surface area contributed by atoms with Crippen molar-refractivity contribution in [3.63, 3.8) is 0 Å². The molecule has 0 atom stereocenters. The van der Waals surface area contributed by atoms with Gasteiger partial charge in [-0.05, 0) is 25.0 Å². The second kappa shape index (κ2) is 7.51. The highest BCUT2D eigenvalue weighted by Gasteiger charge is 2.14. The van der Waals surface area contributed by atoms with Crippen molar-refractivity contribution in [2.24, 2.45) is 0 Å². The molecular formula is C13H21NO3S. The van der Waals surface area contributed by atoms with Crippen molar-refractivity contribution >= 4 is 10.0 Å².